The monoisotopic (exact) mass is 313 g/mol. The number of rotatable bonds is 2. The fourth-order valence-electron chi connectivity index (χ4n) is 2.25. The Morgan fingerprint density at radius 1 is 1.22 bits per heavy atom. The van der Waals surface area contributed by atoms with E-state index < -0.39 is 5.91 Å². The SMILES string of the molecule is O=C(NC1CCCCC1Br)c1c(O)cccc1O. The highest BCUT2D eigenvalue weighted by molar-refractivity contribution is 9.09. The first-order chi connectivity index (χ1) is 8.59. The third-order valence-electron chi connectivity index (χ3n) is 3.25. The highest BCUT2D eigenvalue weighted by Crippen LogP contribution is 2.28. The van der Waals surface area contributed by atoms with Crippen LogP contribution in [0.4, 0.5) is 0 Å². The van der Waals surface area contributed by atoms with Crippen LogP contribution in [0.1, 0.15) is 36.0 Å². The zero-order chi connectivity index (χ0) is 13.1. The van der Waals surface area contributed by atoms with E-state index >= 15 is 0 Å². The molecule has 1 fully saturated rings. The van der Waals surface area contributed by atoms with Crippen molar-refractivity contribution in [1.29, 1.82) is 0 Å². The van der Waals surface area contributed by atoms with Gasteiger partial charge in [-0.15, -0.1) is 0 Å². The van der Waals surface area contributed by atoms with Gasteiger partial charge in [0.2, 0.25) is 0 Å². The van der Waals surface area contributed by atoms with Crippen LogP contribution in [0.15, 0.2) is 18.2 Å². The maximum Gasteiger partial charge on any atom is 0.259 e. The molecule has 18 heavy (non-hydrogen) atoms. The number of phenols is 2. The Kier molecular flexibility index (Phi) is 4.11. The summed E-state index contributed by atoms with van der Waals surface area (Å²) < 4.78 is 0. The molecule has 0 aromatic heterocycles. The molecule has 1 saturated carbocycles. The summed E-state index contributed by atoms with van der Waals surface area (Å²) in [4.78, 5) is 12.3. The summed E-state index contributed by atoms with van der Waals surface area (Å²) in [6, 6.07) is 4.32. The van der Waals surface area contributed by atoms with E-state index in [9.17, 15) is 15.0 Å². The van der Waals surface area contributed by atoms with Crippen molar-refractivity contribution < 1.29 is 15.0 Å². The van der Waals surface area contributed by atoms with Crippen LogP contribution in [-0.2, 0) is 0 Å². The number of carbonyl (C=O) groups excluding carboxylic acids is 1. The van der Waals surface area contributed by atoms with Gasteiger partial charge in [0.15, 0.2) is 0 Å². The van der Waals surface area contributed by atoms with E-state index in [1.165, 1.54) is 18.2 Å². The van der Waals surface area contributed by atoms with Crippen molar-refractivity contribution in [2.45, 2.75) is 36.6 Å². The predicted molar refractivity (Wildman–Crippen MR) is 72.2 cm³/mol. The van der Waals surface area contributed by atoms with Crippen molar-refractivity contribution in [3.63, 3.8) is 0 Å². The zero-order valence-electron chi connectivity index (χ0n) is 9.90. The summed E-state index contributed by atoms with van der Waals surface area (Å²) in [7, 11) is 0. The summed E-state index contributed by atoms with van der Waals surface area (Å²) in [5.74, 6) is -0.828. The van der Waals surface area contributed by atoms with Crippen molar-refractivity contribution >= 4 is 21.8 Å². The second-order valence-electron chi connectivity index (χ2n) is 4.55. The molecule has 0 bridgehead atoms. The first-order valence-electron chi connectivity index (χ1n) is 6.05. The number of carbonyl (C=O) groups is 1. The number of halogens is 1. The van der Waals surface area contributed by atoms with Gasteiger partial charge in [0.05, 0.1) is 0 Å². The lowest BCUT2D eigenvalue weighted by atomic mass is 9.95. The van der Waals surface area contributed by atoms with E-state index in [1.807, 2.05) is 0 Å². The summed E-state index contributed by atoms with van der Waals surface area (Å²) in [5, 5.41) is 22.1. The molecule has 3 N–H and O–H groups in total. The van der Waals surface area contributed by atoms with Crippen molar-refractivity contribution in [1.82, 2.24) is 5.32 Å². The van der Waals surface area contributed by atoms with Crippen molar-refractivity contribution in [2.75, 3.05) is 0 Å². The van der Waals surface area contributed by atoms with E-state index in [2.05, 4.69) is 21.2 Å². The van der Waals surface area contributed by atoms with Gasteiger partial charge in [0.25, 0.3) is 5.91 Å². The first kappa shape index (κ1) is 13.2. The largest absolute Gasteiger partial charge is 0.507 e. The van der Waals surface area contributed by atoms with Gasteiger partial charge < -0.3 is 15.5 Å². The molecule has 0 radical (unpaired) electrons. The van der Waals surface area contributed by atoms with Crippen LogP contribution in [0.2, 0.25) is 0 Å². The molecule has 1 aliphatic carbocycles. The molecule has 5 heteroatoms. The molecule has 2 rings (SSSR count). The minimum absolute atomic E-state index is 0.0465. The molecule has 1 aromatic carbocycles. The molecule has 4 nitrogen and oxygen atoms in total. The number of nitrogens with one attached hydrogen (secondary N) is 1. The molecule has 2 atom stereocenters. The lowest BCUT2D eigenvalue weighted by molar-refractivity contribution is 0.0924. The van der Waals surface area contributed by atoms with Crippen molar-refractivity contribution in [3.05, 3.63) is 23.8 Å². The van der Waals surface area contributed by atoms with Crippen LogP contribution in [-0.4, -0.2) is 27.0 Å². The second-order valence-corrected chi connectivity index (χ2v) is 5.73. The van der Waals surface area contributed by atoms with Gasteiger partial charge in [-0.1, -0.05) is 34.8 Å². The molecular weight excluding hydrogens is 298 g/mol. The molecule has 98 valence electrons. The van der Waals surface area contributed by atoms with Crippen LogP contribution in [0.5, 0.6) is 11.5 Å². The number of aromatic hydroxyl groups is 2. The Balaban J connectivity index is 2.12. The number of hydrogen-bond acceptors (Lipinski definition) is 3. The number of alkyl halides is 1. The van der Waals surface area contributed by atoms with Crippen LogP contribution >= 0.6 is 15.9 Å². The van der Waals surface area contributed by atoms with Crippen LogP contribution in [0.25, 0.3) is 0 Å². The number of hydrogen-bond donors (Lipinski definition) is 3. The van der Waals surface area contributed by atoms with E-state index in [4.69, 9.17) is 0 Å². The molecule has 0 aliphatic heterocycles. The third-order valence-corrected chi connectivity index (χ3v) is 4.34. The van der Waals surface area contributed by atoms with Gasteiger partial charge in [-0.05, 0) is 25.0 Å². The molecule has 2 unspecified atom stereocenters. The number of benzene rings is 1. The topological polar surface area (TPSA) is 69.6 Å². The van der Waals surface area contributed by atoms with Crippen molar-refractivity contribution in [2.24, 2.45) is 0 Å². The number of amides is 1. The summed E-state index contributed by atoms with van der Waals surface area (Å²) in [6.07, 6.45) is 4.18. The van der Waals surface area contributed by atoms with Crippen molar-refractivity contribution in [3.8, 4) is 11.5 Å². The van der Waals surface area contributed by atoms with Gasteiger partial charge in [0, 0.05) is 10.9 Å². The summed E-state index contributed by atoms with van der Waals surface area (Å²) in [5.41, 5.74) is -0.0530. The van der Waals surface area contributed by atoms with Crippen LogP contribution in [0, 0.1) is 0 Å². The van der Waals surface area contributed by atoms with E-state index in [0.717, 1.165) is 25.7 Å². The fourth-order valence-corrected chi connectivity index (χ4v) is 2.97. The number of phenolic OH excluding ortho intramolecular Hbond substituents is 2. The van der Waals surface area contributed by atoms with Gasteiger partial charge >= 0.3 is 0 Å². The zero-order valence-corrected chi connectivity index (χ0v) is 11.5. The van der Waals surface area contributed by atoms with Gasteiger partial charge in [-0.25, -0.2) is 0 Å². The first-order valence-corrected chi connectivity index (χ1v) is 6.97. The predicted octanol–water partition coefficient (Wildman–Crippen LogP) is 2.53. The fraction of sp³-hybridized carbons (Fsp3) is 0.462. The molecule has 1 amide bonds. The average molecular weight is 314 g/mol. The van der Waals surface area contributed by atoms with Gasteiger partial charge in [-0.3, -0.25) is 4.79 Å². The smallest absolute Gasteiger partial charge is 0.259 e. The molecular formula is C13H16BrNO3. The Morgan fingerprint density at radius 2 is 1.83 bits per heavy atom. The standard InChI is InChI=1S/C13H16BrNO3/c14-8-4-1-2-5-9(8)15-13(18)12-10(16)6-3-7-11(12)17/h3,6-9,16-17H,1-2,4-5H2,(H,15,18). The molecule has 1 aliphatic rings. The highest BCUT2D eigenvalue weighted by Gasteiger charge is 2.26. The lowest BCUT2D eigenvalue weighted by Gasteiger charge is -2.28. The Labute approximate surface area is 114 Å². The van der Waals surface area contributed by atoms with Crippen LogP contribution in [0.3, 0.4) is 0 Å². The van der Waals surface area contributed by atoms with Crippen LogP contribution < -0.4 is 5.32 Å². The normalized spacial score (nSPS) is 23.6. The highest BCUT2D eigenvalue weighted by atomic mass is 79.9. The maximum absolute atomic E-state index is 12.0. The minimum atomic E-state index is -0.429. The Hall–Kier alpha value is -1.23. The molecule has 0 heterocycles. The maximum atomic E-state index is 12.0. The Morgan fingerprint density at radius 3 is 2.44 bits per heavy atom. The summed E-state index contributed by atoms with van der Waals surface area (Å²) in [6.45, 7) is 0. The summed E-state index contributed by atoms with van der Waals surface area (Å²) >= 11 is 3.55. The third kappa shape index (κ3) is 2.77. The average Bonchev–Trinajstić information content (AvgIpc) is 2.32. The quantitative estimate of drug-likeness (QED) is 0.735. The van der Waals surface area contributed by atoms with Gasteiger partial charge in [-0.2, -0.15) is 0 Å². The van der Waals surface area contributed by atoms with E-state index in [1.54, 1.807) is 0 Å². The Bertz CT molecular complexity index is 430. The molecule has 0 spiro atoms. The lowest BCUT2D eigenvalue weighted by Crippen LogP contribution is -2.42. The minimum Gasteiger partial charge on any atom is -0.507 e. The second kappa shape index (κ2) is 5.61. The van der Waals surface area contributed by atoms with E-state index in [-0.39, 0.29) is 27.9 Å². The molecule has 0 saturated heterocycles. The van der Waals surface area contributed by atoms with E-state index in [0.29, 0.717) is 0 Å². The molecule has 1 aromatic rings. The van der Waals surface area contributed by atoms with Gasteiger partial charge in [0.1, 0.15) is 17.1 Å².